The molecule has 0 fully saturated rings. The Kier molecular flexibility index (Phi) is 8.08. The van der Waals surface area contributed by atoms with E-state index in [9.17, 15) is 13.2 Å². The third-order valence-electron chi connectivity index (χ3n) is 3.84. The van der Waals surface area contributed by atoms with E-state index in [4.69, 9.17) is 5.73 Å². The van der Waals surface area contributed by atoms with Gasteiger partial charge in [-0.15, -0.1) is 12.4 Å². The lowest BCUT2D eigenvalue weighted by atomic mass is 10.2. The summed E-state index contributed by atoms with van der Waals surface area (Å²) in [5.41, 5.74) is 7.34. The average Bonchev–Trinajstić information content (AvgIpc) is 2.61. The minimum Gasteiger partial charge on any atom is -0.352 e. The Bertz CT molecular complexity index is 822. The molecule has 0 aliphatic carbocycles. The van der Waals surface area contributed by atoms with Gasteiger partial charge in [0.15, 0.2) is 0 Å². The summed E-state index contributed by atoms with van der Waals surface area (Å²) in [5.74, 6) is -0.205. The number of rotatable bonds is 7. The van der Waals surface area contributed by atoms with Gasteiger partial charge in [-0.2, -0.15) is 0 Å². The predicted molar refractivity (Wildman–Crippen MR) is 106 cm³/mol. The van der Waals surface area contributed by atoms with Crippen LogP contribution in [0.4, 0.5) is 5.69 Å². The molecule has 0 unspecified atom stereocenters. The highest BCUT2D eigenvalue weighted by molar-refractivity contribution is 7.92. The van der Waals surface area contributed by atoms with Crippen LogP contribution in [0.15, 0.2) is 53.4 Å². The number of amides is 1. The number of carbonyl (C=O) groups is 1. The highest BCUT2D eigenvalue weighted by atomic mass is 35.5. The van der Waals surface area contributed by atoms with Crippen LogP contribution >= 0.6 is 12.4 Å². The van der Waals surface area contributed by atoms with Crippen LogP contribution in [0.2, 0.25) is 0 Å². The number of sulfonamides is 1. The molecule has 8 heteroatoms. The van der Waals surface area contributed by atoms with Crippen molar-refractivity contribution in [1.82, 2.24) is 5.32 Å². The van der Waals surface area contributed by atoms with Crippen LogP contribution in [-0.2, 0) is 10.0 Å². The van der Waals surface area contributed by atoms with Gasteiger partial charge in [0.1, 0.15) is 0 Å². The number of nitrogens with one attached hydrogen (secondary N) is 1. The fourth-order valence-corrected chi connectivity index (χ4v) is 3.43. The van der Waals surface area contributed by atoms with Gasteiger partial charge >= 0.3 is 0 Å². The van der Waals surface area contributed by atoms with Crippen LogP contribution in [0.5, 0.6) is 0 Å². The lowest BCUT2D eigenvalue weighted by Crippen LogP contribution is -2.27. The van der Waals surface area contributed by atoms with E-state index in [0.29, 0.717) is 30.8 Å². The molecular weight excluding hydrogens is 374 g/mol. The maximum absolute atomic E-state index is 12.7. The first-order valence-electron chi connectivity index (χ1n) is 8.00. The van der Waals surface area contributed by atoms with Crippen molar-refractivity contribution in [2.75, 3.05) is 24.4 Å². The molecule has 0 aliphatic heterocycles. The summed E-state index contributed by atoms with van der Waals surface area (Å²) in [6.07, 6.45) is 0.710. The Labute approximate surface area is 160 Å². The number of nitrogens with zero attached hydrogens (tertiary/aromatic N) is 1. The molecule has 142 valence electrons. The second-order valence-corrected chi connectivity index (χ2v) is 7.70. The maximum atomic E-state index is 12.7. The fraction of sp³-hybridized carbons (Fsp3) is 0.278. The first kappa shape index (κ1) is 22.0. The van der Waals surface area contributed by atoms with Gasteiger partial charge in [0, 0.05) is 19.2 Å². The molecule has 0 saturated heterocycles. The lowest BCUT2D eigenvalue weighted by Gasteiger charge is -2.20. The van der Waals surface area contributed by atoms with E-state index in [1.165, 1.54) is 11.4 Å². The van der Waals surface area contributed by atoms with Crippen LogP contribution in [0.3, 0.4) is 0 Å². The van der Waals surface area contributed by atoms with E-state index in [2.05, 4.69) is 5.32 Å². The summed E-state index contributed by atoms with van der Waals surface area (Å²) in [6, 6.07) is 13.1. The second kappa shape index (κ2) is 9.56. The van der Waals surface area contributed by atoms with E-state index in [1.807, 2.05) is 6.92 Å². The number of hydrogen-bond acceptors (Lipinski definition) is 4. The first-order valence-corrected chi connectivity index (χ1v) is 9.44. The zero-order valence-corrected chi connectivity index (χ0v) is 16.4. The van der Waals surface area contributed by atoms with E-state index in [0.717, 1.165) is 5.56 Å². The Hall–Kier alpha value is -2.09. The number of anilines is 1. The van der Waals surface area contributed by atoms with Crippen molar-refractivity contribution in [1.29, 1.82) is 0 Å². The van der Waals surface area contributed by atoms with Gasteiger partial charge in [-0.25, -0.2) is 8.42 Å². The number of nitrogens with two attached hydrogens (primary N) is 1. The third-order valence-corrected chi connectivity index (χ3v) is 5.64. The molecule has 0 atom stereocenters. The van der Waals surface area contributed by atoms with E-state index < -0.39 is 10.0 Å². The van der Waals surface area contributed by atoms with Crippen LogP contribution < -0.4 is 15.4 Å². The van der Waals surface area contributed by atoms with Crippen molar-refractivity contribution >= 4 is 34.0 Å². The smallest absolute Gasteiger partial charge is 0.264 e. The largest absolute Gasteiger partial charge is 0.352 e. The highest BCUT2D eigenvalue weighted by Crippen LogP contribution is 2.22. The number of halogens is 1. The molecule has 1 amide bonds. The van der Waals surface area contributed by atoms with Crippen LogP contribution in [0, 0.1) is 6.92 Å². The van der Waals surface area contributed by atoms with E-state index >= 15 is 0 Å². The Morgan fingerprint density at radius 1 is 1.08 bits per heavy atom. The van der Waals surface area contributed by atoms with Crippen molar-refractivity contribution in [2.24, 2.45) is 5.73 Å². The summed E-state index contributed by atoms with van der Waals surface area (Å²) in [7, 11) is -2.15. The molecular formula is C18H24ClN3O3S. The van der Waals surface area contributed by atoms with E-state index in [1.54, 1.807) is 48.5 Å². The van der Waals surface area contributed by atoms with Gasteiger partial charge in [0.25, 0.3) is 15.9 Å². The quantitative estimate of drug-likeness (QED) is 0.701. The van der Waals surface area contributed by atoms with Gasteiger partial charge in [-0.3, -0.25) is 9.10 Å². The molecule has 2 aromatic carbocycles. The highest BCUT2D eigenvalue weighted by Gasteiger charge is 2.21. The molecule has 0 bridgehead atoms. The van der Waals surface area contributed by atoms with Gasteiger partial charge in [0.2, 0.25) is 0 Å². The Balaban J connectivity index is 0.00000338. The molecule has 3 N–H and O–H groups in total. The van der Waals surface area contributed by atoms with Crippen molar-refractivity contribution < 1.29 is 13.2 Å². The summed E-state index contributed by atoms with van der Waals surface area (Å²) in [6.45, 7) is 2.93. The molecule has 0 saturated carbocycles. The topological polar surface area (TPSA) is 92.5 Å². The Morgan fingerprint density at radius 2 is 1.65 bits per heavy atom. The zero-order valence-electron chi connectivity index (χ0n) is 14.8. The van der Waals surface area contributed by atoms with Crippen molar-refractivity contribution in [3.8, 4) is 0 Å². The maximum Gasteiger partial charge on any atom is 0.264 e. The predicted octanol–water partition coefficient (Wildman–Crippen LogP) is 2.32. The molecule has 0 spiro atoms. The first-order chi connectivity index (χ1) is 11.9. The lowest BCUT2D eigenvalue weighted by molar-refractivity contribution is 0.0953. The number of hydrogen-bond donors (Lipinski definition) is 2. The monoisotopic (exact) mass is 397 g/mol. The van der Waals surface area contributed by atoms with Crippen molar-refractivity contribution in [3.05, 3.63) is 59.7 Å². The van der Waals surface area contributed by atoms with Crippen LogP contribution in [0.1, 0.15) is 22.3 Å². The molecule has 0 aliphatic rings. The van der Waals surface area contributed by atoms with E-state index in [-0.39, 0.29) is 23.2 Å². The average molecular weight is 398 g/mol. The normalized spacial score (nSPS) is 10.7. The zero-order chi connectivity index (χ0) is 18.4. The minimum atomic E-state index is -3.64. The number of benzene rings is 2. The van der Waals surface area contributed by atoms with Gasteiger partial charge in [0.05, 0.1) is 10.6 Å². The molecule has 0 radical (unpaired) electrons. The molecule has 0 heterocycles. The van der Waals surface area contributed by atoms with Gasteiger partial charge in [-0.1, -0.05) is 17.7 Å². The van der Waals surface area contributed by atoms with Crippen LogP contribution in [-0.4, -0.2) is 34.5 Å². The fourth-order valence-electron chi connectivity index (χ4n) is 2.24. The molecule has 6 nitrogen and oxygen atoms in total. The Morgan fingerprint density at radius 3 is 2.19 bits per heavy atom. The molecule has 0 aromatic heterocycles. The SMILES string of the molecule is Cc1ccc(S(=O)(=O)N(C)c2ccc(C(=O)NCCCN)cc2)cc1.Cl. The van der Waals surface area contributed by atoms with Gasteiger partial charge in [-0.05, 0) is 56.3 Å². The van der Waals surface area contributed by atoms with Crippen molar-refractivity contribution in [3.63, 3.8) is 0 Å². The summed E-state index contributed by atoms with van der Waals surface area (Å²) < 4.78 is 26.5. The van der Waals surface area contributed by atoms with Crippen molar-refractivity contribution in [2.45, 2.75) is 18.2 Å². The third kappa shape index (κ3) is 5.20. The molecule has 26 heavy (non-hydrogen) atoms. The minimum absolute atomic E-state index is 0. The van der Waals surface area contributed by atoms with Gasteiger partial charge < -0.3 is 11.1 Å². The summed E-state index contributed by atoms with van der Waals surface area (Å²) in [4.78, 5) is 12.2. The standard InChI is InChI=1S/C18H23N3O3S.ClH/c1-14-4-10-17(11-5-14)25(23,24)21(2)16-8-6-15(7-9-16)18(22)20-13-3-12-19;/h4-11H,3,12-13,19H2,1-2H3,(H,20,22);1H. The molecule has 2 rings (SSSR count). The number of carbonyl (C=O) groups excluding carboxylic acids is 1. The summed E-state index contributed by atoms with van der Waals surface area (Å²) >= 11 is 0. The van der Waals surface area contributed by atoms with Crippen LogP contribution in [0.25, 0.3) is 0 Å². The summed E-state index contributed by atoms with van der Waals surface area (Å²) in [5, 5.41) is 2.76. The second-order valence-electron chi connectivity index (χ2n) is 5.73. The molecule has 2 aromatic rings. The number of aryl methyl sites for hydroxylation is 1.